The van der Waals surface area contributed by atoms with Crippen molar-refractivity contribution in [1.82, 2.24) is 14.9 Å². The maximum atomic E-state index is 4.68. The quantitative estimate of drug-likeness (QED) is 0.690. The molecule has 0 radical (unpaired) electrons. The van der Waals surface area contributed by atoms with Crippen LogP contribution in [0.5, 0.6) is 0 Å². The molecule has 0 spiro atoms. The highest BCUT2D eigenvalue weighted by Gasteiger charge is 2.26. The second-order valence-corrected chi connectivity index (χ2v) is 7.32. The van der Waals surface area contributed by atoms with Gasteiger partial charge >= 0.3 is 0 Å². The monoisotopic (exact) mass is 331 g/mol. The van der Waals surface area contributed by atoms with Gasteiger partial charge in [-0.3, -0.25) is 0 Å². The Kier molecular flexibility index (Phi) is 5.46. The van der Waals surface area contributed by atoms with Crippen LogP contribution in [0.4, 0.5) is 11.8 Å². The maximum absolute atomic E-state index is 4.68. The molecule has 1 saturated carbocycles. The third kappa shape index (κ3) is 5.18. The first-order valence-electron chi connectivity index (χ1n) is 8.24. The Labute approximate surface area is 142 Å². The fourth-order valence-corrected chi connectivity index (χ4v) is 3.05. The SMILES string of the molecule is CN(C)CCCNc1nc(NCc2cccs2)cc(C2CC2)n1. The van der Waals surface area contributed by atoms with Crippen LogP contribution in [0.25, 0.3) is 0 Å². The van der Waals surface area contributed by atoms with Gasteiger partial charge in [0.25, 0.3) is 0 Å². The van der Waals surface area contributed by atoms with Crippen LogP contribution in [-0.2, 0) is 6.54 Å². The molecule has 0 unspecified atom stereocenters. The van der Waals surface area contributed by atoms with Crippen molar-refractivity contribution in [2.45, 2.75) is 31.7 Å². The van der Waals surface area contributed by atoms with Gasteiger partial charge in [0.15, 0.2) is 0 Å². The smallest absolute Gasteiger partial charge is 0.224 e. The van der Waals surface area contributed by atoms with Gasteiger partial charge in [-0.25, -0.2) is 4.98 Å². The number of hydrogen-bond acceptors (Lipinski definition) is 6. The molecule has 0 aromatic carbocycles. The van der Waals surface area contributed by atoms with Crippen LogP contribution in [0.1, 0.15) is 35.8 Å². The second-order valence-electron chi connectivity index (χ2n) is 6.29. The summed E-state index contributed by atoms with van der Waals surface area (Å²) < 4.78 is 0. The van der Waals surface area contributed by atoms with E-state index in [-0.39, 0.29) is 0 Å². The highest BCUT2D eigenvalue weighted by molar-refractivity contribution is 7.09. The molecule has 124 valence electrons. The first kappa shape index (κ1) is 16.2. The first-order valence-corrected chi connectivity index (χ1v) is 9.12. The lowest BCUT2D eigenvalue weighted by atomic mass is 10.3. The number of nitrogens with one attached hydrogen (secondary N) is 2. The van der Waals surface area contributed by atoms with Crippen molar-refractivity contribution >= 4 is 23.1 Å². The molecule has 2 N–H and O–H groups in total. The molecule has 0 atom stereocenters. The lowest BCUT2D eigenvalue weighted by Gasteiger charge is -2.12. The zero-order chi connectivity index (χ0) is 16.1. The van der Waals surface area contributed by atoms with Gasteiger partial charge in [0.05, 0.1) is 12.2 Å². The molecular weight excluding hydrogens is 306 g/mol. The Morgan fingerprint density at radius 2 is 2.13 bits per heavy atom. The van der Waals surface area contributed by atoms with Gasteiger partial charge < -0.3 is 15.5 Å². The molecule has 0 amide bonds. The molecule has 2 heterocycles. The molecule has 0 bridgehead atoms. The Morgan fingerprint density at radius 1 is 1.26 bits per heavy atom. The molecule has 3 rings (SSSR count). The van der Waals surface area contributed by atoms with E-state index in [4.69, 9.17) is 0 Å². The van der Waals surface area contributed by atoms with Gasteiger partial charge in [-0.2, -0.15) is 4.98 Å². The minimum atomic E-state index is 0.627. The second kappa shape index (κ2) is 7.75. The topological polar surface area (TPSA) is 53.1 Å². The summed E-state index contributed by atoms with van der Waals surface area (Å²) in [5.74, 6) is 2.30. The van der Waals surface area contributed by atoms with E-state index < -0.39 is 0 Å². The molecule has 1 aliphatic carbocycles. The van der Waals surface area contributed by atoms with Crippen molar-refractivity contribution < 1.29 is 0 Å². The lowest BCUT2D eigenvalue weighted by Crippen LogP contribution is -2.17. The fraction of sp³-hybridized carbons (Fsp3) is 0.529. The maximum Gasteiger partial charge on any atom is 0.224 e. The van der Waals surface area contributed by atoms with Crippen molar-refractivity contribution in [3.63, 3.8) is 0 Å². The number of rotatable bonds is 9. The van der Waals surface area contributed by atoms with Gasteiger partial charge in [-0.15, -0.1) is 11.3 Å². The molecule has 1 fully saturated rings. The number of anilines is 2. The fourth-order valence-electron chi connectivity index (χ4n) is 2.41. The predicted molar refractivity (Wildman–Crippen MR) is 97.3 cm³/mol. The van der Waals surface area contributed by atoms with Crippen molar-refractivity contribution in [2.75, 3.05) is 37.8 Å². The van der Waals surface area contributed by atoms with E-state index in [1.807, 2.05) is 0 Å². The molecule has 2 aromatic rings. The predicted octanol–water partition coefficient (Wildman–Crippen LogP) is 3.39. The first-order chi connectivity index (χ1) is 11.2. The minimum absolute atomic E-state index is 0.627. The van der Waals surface area contributed by atoms with E-state index in [0.717, 1.165) is 37.8 Å². The number of thiophene rings is 1. The van der Waals surface area contributed by atoms with E-state index in [1.165, 1.54) is 23.4 Å². The van der Waals surface area contributed by atoms with E-state index in [9.17, 15) is 0 Å². The van der Waals surface area contributed by atoms with Crippen LogP contribution >= 0.6 is 11.3 Å². The normalized spacial score (nSPS) is 14.2. The molecule has 0 saturated heterocycles. The zero-order valence-electron chi connectivity index (χ0n) is 13.9. The van der Waals surface area contributed by atoms with Crippen molar-refractivity contribution in [2.24, 2.45) is 0 Å². The summed E-state index contributed by atoms with van der Waals surface area (Å²) in [5.41, 5.74) is 1.17. The van der Waals surface area contributed by atoms with Gasteiger partial charge in [-0.1, -0.05) is 6.07 Å². The Morgan fingerprint density at radius 3 is 2.83 bits per heavy atom. The van der Waals surface area contributed by atoms with Crippen molar-refractivity contribution in [3.8, 4) is 0 Å². The molecular formula is C17H25N5S. The Balaban J connectivity index is 1.61. The zero-order valence-corrected chi connectivity index (χ0v) is 14.7. The van der Waals surface area contributed by atoms with Crippen LogP contribution in [-0.4, -0.2) is 42.1 Å². The highest BCUT2D eigenvalue weighted by Crippen LogP contribution is 2.39. The van der Waals surface area contributed by atoms with Crippen molar-refractivity contribution in [1.29, 1.82) is 0 Å². The van der Waals surface area contributed by atoms with E-state index in [2.05, 4.69) is 63.2 Å². The summed E-state index contributed by atoms with van der Waals surface area (Å²) in [6.45, 7) is 2.79. The average Bonchev–Trinajstić information content (AvgIpc) is 3.26. The number of nitrogens with zero attached hydrogens (tertiary/aromatic N) is 3. The average molecular weight is 331 g/mol. The highest BCUT2D eigenvalue weighted by atomic mass is 32.1. The van der Waals surface area contributed by atoms with E-state index in [0.29, 0.717) is 5.92 Å². The third-order valence-corrected chi connectivity index (χ3v) is 4.71. The van der Waals surface area contributed by atoms with Crippen LogP contribution in [0.2, 0.25) is 0 Å². The Bertz CT molecular complexity index is 607. The van der Waals surface area contributed by atoms with Crippen LogP contribution in [0, 0.1) is 0 Å². The molecule has 23 heavy (non-hydrogen) atoms. The van der Waals surface area contributed by atoms with Crippen molar-refractivity contribution in [3.05, 3.63) is 34.2 Å². The molecule has 5 nitrogen and oxygen atoms in total. The van der Waals surface area contributed by atoms with Gasteiger partial charge in [-0.05, 0) is 51.3 Å². The van der Waals surface area contributed by atoms with E-state index >= 15 is 0 Å². The Hall–Kier alpha value is -1.66. The van der Waals surface area contributed by atoms with Gasteiger partial charge in [0.1, 0.15) is 5.82 Å². The summed E-state index contributed by atoms with van der Waals surface area (Å²) in [7, 11) is 4.19. The van der Waals surface area contributed by atoms with E-state index in [1.54, 1.807) is 11.3 Å². The van der Waals surface area contributed by atoms with Crippen LogP contribution in [0.15, 0.2) is 23.6 Å². The largest absolute Gasteiger partial charge is 0.365 e. The summed E-state index contributed by atoms with van der Waals surface area (Å²) in [4.78, 5) is 12.8. The molecule has 2 aromatic heterocycles. The molecule has 1 aliphatic rings. The van der Waals surface area contributed by atoms with Crippen LogP contribution in [0.3, 0.4) is 0 Å². The third-order valence-electron chi connectivity index (χ3n) is 3.83. The van der Waals surface area contributed by atoms with Crippen LogP contribution < -0.4 is 10.6 Å². The summed E-state index contributed by atoms with van der Waals surface area (Å²) >= 11 is 1.76. The van der Waals surface area contributed by atoms with Gasteiger partial charge in [0.2, 0.25) is 5.95 Å². The number of hydrogen-bond donors (Lipinski definition) is 2. The summed E-state index contributed by atoms with van der Waals surface area (Å²) in [5, 5.41) is 8.90. The summed E-state index contributed by atoms with van der Waals surface area (Å²) in [6, 6.07) is 6.33. The molecule has 0 aliphatic heterocycles. The minimum Gasteiger partial charge on any atom is -0.365 e. The molecule has 6 heteroatoms. The standard InChI is InChI=1S/C17H25N5S/c1-22(2)9-4-8-18-17-20-15(13-6-7-13)11-16(21-17)19-12-14-5-3-10-23-14/h3,5,10-11,13H,4,6-9,12H2,1-2H3,(H2,18,19,20,21). The van der Waals surface area contributed by atoms with Gasteiger partial charge in [0, 0.05) is 23.4 Å². The number of aromatic nitrogens is 2. The summed E-state index contributed by atoms with van der Waals surface area (Å²) in [6.07, 6.45) is 3.59. The lowest BCUT2D eigenvalue weighted by molar-refractivity contribution is 0.405.